The number of carbonyl (C=O) groups excluding carboxylic acids is 1. The molecular weight excluding hydrogens is 326 g/mol. The molecule has 0 atom stereocenters. The van der Waals surface area contributed by atoms with Crippen LogP contribution < -0.4 is 14.8 Å². The molecule has 0 unspecified atom stereocenters. The summed E-state index contributed by atoms with van der Waals surface area (Å²) in [6, 6.07) is 20.8. The summed E-state index contributed by atoms with van der Waals surface area (Å²) >= 11 is 0. The van der Waals surface area contributed by atoms with Gasteiger partial charge in [-0.1, -0.05) is 56.3 Å². The molecule has 0 aliphatic rings. The molecule has 0 saturated carbocycles. The van der Waals surface area contributed by atoms with E-state index in [1.807, 2.05) is 48.5 Å². The topological polar surface area (TPSA) is 47.6 Å². The molecule has 0 spiro atoms. The quantitative estimate of drug-likeness (QED) is 0.493. The van der Waals surface area contributed by atoms with E-state index in [0.717, 1.165) is 29.4 Å². The molecule has 26 heavy (non-hydrogen) atoms. The van der Waals surface area contributed by atoms with Gasteiger partial charge in [0.15, 0.2) is 0 Å². The minimum absolute atomic E-state index is 0.461. The van der Waals surface area contributed by atoms with Crippen LogP contribution in [-0.4, -0.2) is 12.7 Å². The van der Waals surface area contributed by atoms with E-state index in [4.69, 9.17) is 9.47 Å². The third kappa shape index (κ3) is 5.07. The van der Waals surface area contributed by atoms with Crippen LogP contribution in [0.1, 0.15) is 19.4 Å². The lowest BCUT2D eigenvalue weighted by Crippen LogP contribution is -2.19. The van der Waals surface area contributed by atoms with Crippen molar-refractivity contribution in [3.8, 4) is 11.5 Å². The number of carbonyl (C=O) groups is 1. The molecule has 0 fully saturated rings. The van der Waals surface area contributed by atoms with Gasteiger partial charge in [0.05, 0.1) is 0 Å². The fourth-order valence-electron chi connectivity index (χ4n) is 2.62. The Morgan fingerprint density at radius 2 is 1.54 bits per heavy atom. The third-order valence-electron chi connectivity index (χ3n) is 3.93. The predicted molar refractivity (Wildman–Crippen MR) is 104 cm³/mol. The molecule has 1 N–H and O–H groups in total. The molecule has 0 aliphatic heterocycles. The van der Waals surface area contributed by atoms with Crippen molar-refractivity contribution < 1.29 is 14.3 Å². The van der Waals surface area contributed by atoms with Crippen LogP contribution in [0.2, 0.25) is 0 Å². The molecule has 0 aromatic heterocycles. The highest BCUT2D eigenvalue weighted by molar-refractivity contribution is 5.84. The van der Waals surface area contributed by atoms with Gasteiger partial charge in [0.1, 0.15) is 11.5 Å². The Kier molecular flexibility index (Phi) is 5.87. The first-order valence-corrected chi connectivity index (χ1v) is 8.78. The minimum atomic E-state index is -0.744. The maximum atomic E-state index is 12.0. The summed E-state index contributed by atoms with van der Waals surface area (Å²) < 4.78 is 10.5. The molecule has 3 aromatic rings. The van der Waals surface area contributed by atoms with Crippen LogP contribution in [0.25, 0.3) is 10.8 Å². The second kappa shape index (κ2) is 8.50. The first-order valence-electron chi connectivity index (χ1n) is 8.78. The van der Waals surface area contributed by atoms with E-state index < -0.39 is 6.16 Å². The van der Waals surface area contributed by atoms with Gasteiger partial charge >= 0.3 is 6.16 Å². The Hall–Kier alpha value is -2.85. The zero-order valence-electron chi connectivity index (χ0n) is 15.1. The minimum Gasteiger partial charge on any atom is -0.395 e. The van der Waals surface area contributed by atoms with E-state index in [-0.39, 0.29) is 0 Å². The second-order valence-corrected chi connectivity index (χ2v) is 6.63. The molecule has 0 bridgehead atoms. The van der Waals surface area contributed by atoms with Crippen LogP contribution in [0.5, 0.6) is 11.5 Å². The zero-order chi connectivity index (χ0) is 18.4. The largest absolute Gasteiger partial charge is 0.519 e. The van der Waals surface area contributed by atoms with Gasteiger partial charge in [-0.2, -0.15) is 0 Å². The third-order valence-corrected chi connectivity index (χ3v) is 3.93. The van der Waals surface area contributed by atoms with Crippen LogP contribution in [0, 0.1) is 5.92 Å². The summed E-state index contributed by atoms with van der Waals surface area (Å²) in [6.45, 7) is 6.10. The van der Waals surface area contributed by atoms with Gasteiger partial charge in [-0.15, -0.1) is 0 Å². The van der Waals surface area contributed by atoms with Gasteiger partial charge in [0, 0.05) is 6.54 Å². The van der Waals surface area contributed by atoms with Crippen molar-refractivity contribution >= 4 is 16.9 Å². The normalized spacial score (nSPS) is 10.9. The number of hydrogen-bond donors (Lipinski definition) is 1. The van der Waals surface area contributed by atoms with Crippen LogP contribution in [0.4, 0.5) is 4.79 Å². The summed E-state index contributed by atoms with van der Waals surface area (Å²) in [7, 11) is 0. The smallest absolute Gasteiger partial charge is 0.395 e. The lowest BCUT2D eigenvalue weighted by molar-refractivity contribution is 0.152. The monoisotopic (exact) mass is 349 g/mol. The molecule has 0 heterocycles. The number of fused-ring (bicyclic) bond motifs is 1. The highest BCUT2D eigenvalue weighted by Crippen LogP contribution is 2.21. The van der Waals surface area contributed by atoms with Crippen molar-refractivity contribution in [3.63, 3.8) is 0 Å². The first-order chi connectivity index (χ1) is 12.6. The van der Waals surface area contributed by atoms with Gasteiger partial charge < -0.3 is 14.8 Å². The van der Waals surface area contributed by atoms with Crippen LogP contribution in [0.3, 0.4) is 0 Å². The van der Waals surface area contributed by atoms with Crippen molar-refractivity contribution in [2.45, 2.75) is 20.4 Å². The first kappa shape index (κ1) is 18.0. The van der Waals surface area contributed by atoms with Crippen LogP contribution >= 0.6 is 0 Å². The SMILES string of the molecule is CC(C)CNCc1ccc(OC(=O)Oc2ccc3ccccc3c2)cc1. The standard InChI is InChI=1S/C22H23NO3/c1-16(2)14-23-15-17-7-10-20(11-8-17)25-22(24)26-21-12-9-18-5-3-4-6-19(18)13-21/h3-13,16,23H,14-15H2,1-2H3. The number of nitrogens with one attached hydrogen (secondary N) is 1. The number of benzene rings is 3. The van der Waals surface area contributed by atoms with E-state index in [1.165, 1.54) is 0 Å². The molecule has 0 radical (unpaired) electrons. The number of rotatable bonds is 6. The van der Waals surface area contributed by atoms with E-state index >= 15 is 0 Å². The Labute approximate surface area is 153 Å². The van der Waals surface area contributed by atoms with Gasteiger partial charge in [-0.25, -0.2) is 4.79 Å². The summed E-state index contributed by atoms with van der Waals surface area (Å²) in [5.74, 6) is 1.54. The molecule has 3 aromatic carbocycles. The lowest BCUT2D eigenvalue weighted by atomic mass is 10.1. The summed E-state index contributed by atoms with van der Waals surface area (Å²) in [6.07, 6.45) is -0.744. The highest BCUT2D eigenvalue weighted by Gasteiger charge is 2.08. The molecular formula is C22H23NO3. The van der Waals surface area contributed by atoms with Crippen LogP contribution in [0.15, 0.2) is 66.7 Å². The predicted octanol–water partition coefficient (Wildman–Crippen LogP) is 5.16. The summed E-state index contributed by atoms with van der Waals surface area (Å²) in [4.78, 5) is 12.0. The Balaban J connectivity index is 1.55. The Morgan fingerprint density at radius 3 is 2.27 bits per heavy atom. The average molecular weight is 349 g/mol. The molecule has 4 heteroatoms. The fourth-order valence-corrected chi connectivity index (χ4v) is 2.62. The van der Waals surface area contributed by atoms with Crippen molar-refractivity contribution in [2.75, 3.05) is 6.54 Å². The molecule has 4 nitrogen and oxygen atoms in total. The van der Waals surface area contributed by atoms with E-state index in [0.29, 0.717) is 17.4 Å². The maximum Gasteiger partial charge on any atom is 0.519 e. The van der Waals surface area contributed by atoms with Crippen molar-refractivity contribution in [2.24, 2.45) is 5.92 Å². The number of ether oxygens (including phenoxy) is 2. The molecule has 3 rings (SSSR count). The zero-order valence-corrected chi connectivity index (χ0v) is 15.1. The summed E-state index contributed by atoms with van der Waals surface area (Å²) in [5.41, 5.74) is 1.14. The maximum absolute atomic E-state index is 12.0. The van der Waals surface area contributed by atoms with Gasteiger partial charge in [0.2, 0.25) is 0 Å². The molecule has 134 valence electrons. The van der Waals surface area contributed by atoms with E-state index in [9.17, 15) is 4.79 Å². The van der Waals surface area contributed by atoms with Crippen molar-refractivity contribution in [3.05, 3.63) is 72.3 Å². The van der Waals surface area contributed by atoms with Gasteiger partial charge in [-0.05, 0) is 53.1 Å². The molecule has 0 saturated heterocycles. The van der Waals surface area contributed by atoms with E-state index in [1.54, 1.807) is 18.2 Å². The summed E-state index contributed by atoms with van der Waals surface area (Å²) in [5, 5.41) is 5.48. The fraction of sp³-hybridized carbons (Fsp3) is 0.227. The van der Waals surface area contributed by atoms with Gasteiger partial charge in [0.25, 0.3) is 0 Å². The molecule has 0 amide bonds. The average Bonchev–Trinajstić information content (AvgIpc) is 2.63. The van der Waals surface area contributed by atoms with Crippen LogP contribution in [-0.2, 0) is 6.54 Å². The van der Waals surface area contributed by atoms with Gasteiger partial charge in [-0.3, -0.25) is 0 Å². The van der Waals surface area contributed by atoms with Crippen molar-refractivity contribution in [1.29, 1.82) is 0 Å². The van der Waals surface area contributed by atoms with E-state index in [2.05, 4.69) is 19.2 Å². The lowest BCUT2D eigenvalue weighted by Gasteiger charge is -2.09. The Morgan fingerprint density at radius 1 is 0.885 bits per heavy atom. The molecule has 0 aliphatic carbocycles. The second-order valence-electron chi connectivity index (χ2n) is 6.63. The Bertz CT molecular complexity index is 872. The highest BCUT2D eigenvalue weighted by atomic mass is 16.7. The van der Waals surface area contributed by atoms with Crippen molar-refractivity contribution in [1.82, 2.24) is 5.32 Å². The number of hydrogen-bond acceptors (Lipinski definition) is 4.